The molecule has 9 heteroatoms. The molecule has 0 amide bonds. The summed E-state index contributed by atoms with van der Waals surface area (Å²) in [6.07, 6.45) is 3.95. The molecule has 0 spiro atoms. The standard InChI is InChI=1S/C19H13ClN4O3S/c20-10-3-1-4-11(7-10)24-18(26)14(16(25)23-19(24)27)9-22-17-13(8-21)12-5-2-6-15(12)28-17/h1,3-4,7,9,26H,2,5-6H2,(H,23,25,27)/b22-9+. The van der Waals surface area contributed by atoms with Crippen molar-refractivity contribution in [3.8, 4) is 17.6 Å². The van der Waals surface area contributed by atoms with E-state index in [2.05, 4.69) is 16.0 Å². The summed E-state index contributed by atoms with van der Waals surface area (Å²) >= 11 is 7.37. The number of aromatic hydroxyl groups is 1. The topological polar surface area (TPSA) is 111 Å². The van der Waals surface area contributed by atoms with Crippen LogP contribution in [-0.4, -0.2) is 20.9 Å². The van der Waals surface area contributed by atoms with Crippen molar-refractivity contribution in [2.24, 2.45) is 4.99 Å². The Morgan fingerprint density at radius 3 is 2.93 bits per heavy atom. The number of benzene rings is 1. The molecule has 0 saturated carbocycles. The van der Waals surface area contributed by atoms with E-state index >= 15 is 0 Å². The third kappa shape index (κ3) is 3.05. The number of hydrogen-bond donors (Lipinski definition) is 2. The van der Waals surface area contributed by atoms with E-state index in [9.17, 15) is 20.0 Å². The Morgan fingerprint density at radius 2 is 2.18 bits per heavy atom. The van der Waals surface area contributed by atoms with Crippen LogP contribution in [0.3, 0.4) is 0 Å². The van der Waals surface area contributed by atoms with Crippen molar-refractivity contribution < 1.29 is 5.11 Å². The lowest BCUT2D eigenvalue weighted by molar-refractivity contribution is 0.430. The molecule has 0 saturated heterocycles. The monoisotopic (exact) mass is 412 g/mol. The van der Waals surface area contributed by atoms with Gasteiger partial charge in [0.2, 0.25) is 5.88 Å². The number of nitrogens with one attached hydrogen (secondary N) is 1. The number of thiophene rings is 1. The molecule has 2 heterocycles. The number of halogens is 1. The normalized spacial score (nSPS) is 13.0. The predicted molar refractivity (Wildman–Crippen MR) is 108 cm³/mol. The van der Waals surface area contributed by atoms with E-state index in [0.29, 0.717) is 21.3 Å². The largest absolute Gasteiger partial charge is 0.493 e. The second-order valence-electron chi connectivity index (χ2n) is 6.22. The molecule has 2 aromatic heterocycles. The van der Waals surface area contributed by atoms with E-state index in [-0.39, 0.29) is 5.56 Å². The minimum absolute atomic E-state index is 0.183. The molecular formula is C19H13ClN4O3S. The van der Waals surface area contributed by atoms with Gasteiger partial charge in [0.15, 0.2) is 0 Å². The van der Waals surface area contributed by atoms with E-state index in [1.165, 1.54) is 23.6 Å². The molecule has 140 valence electrons. The summed E-state index contributed by atoms with van der Waals surface area (Å²) < 4.78 is 0.939. The van der Waals surface area contributed by atoms with Crippen molar-refractivity contribution >= 4 is 34.2 Å². The lowest BCUT2D eigenvalue weighted by Crippen LogP contribution is -2.31. The molecular weight excluding hydrogens is 400 g/mol. The SMILES string of the molecule is N#Cc1c(/N=C/c2c(O)n(-c3cccc(Cl)c3)c(=O)[nH]c2=O)sc2c1CCC2. The number of fused-ring (bicyclic) bond motifs is 1. The zero-order chi connectivity index (χ0) is 19.8. The number of nitriles is 1. The maximum Gasteiger partial charge on any atom is 0.335 e. The van der Waals surface area contributed by atoms with Gasteiger partial charge in [-0.3, -0.25) is 9.78 Å². The number of aliphatic imine (C=N–C) groups is 1. The van der Waals surface area contributed by atoms with Gasteiger partial charge < -0.3 is 5.11 Å². The van der Waals surface area contributed by atoms with Crippen LogP contribution in [0.2, 0.25) is 5.02 Å². The number of aromatic nitrogens is 2. The molecule has 1 aliphatic carbocycles. The van der Waals surface area contributed by atoms with Crippen LogP contribution in [0.25, 0.3) is 5.69 Å². The summed E-state index contributed by atoms with van der Waals surface area (Å²) in [5, 5.41) is 20.9. The van der Waals surface area contributed by atoms with Crippen molar-refractivity contribution in [1.82, 2.24) is 9.55 Å². The third-order valence-electron chi connectivity index (χ3n) is 4.51. The second-order valence-corrected chi connectivity index (χ2v) is 7.74. The van der Waals surface area contributed by atoms with Gasteiger partial charge in [-0.1, -0.05) is 17.7 Å². The number of aryl methyl sites for hydroxylation is 1. The Morgan fingerprint density at radius 1 is 1.36 bits per heavy atom. The molecule has 0 atom stereocenters. The molecule has 0 radical (unpaired) electrons. The lowest BCUT2D eigenvalue weighted by Gasteiger charge is -2.09. The number of nitrogens with zero attached hydrogens (tertiary/aromatic N) is 3. The van der Waals surface area contributed by atoms with Crippen LogP contribution < -0.4 is 11.2 Å². The van der Waals surface area contributed by atoms with Crippen LogP contribution in [0.15, 0.2) is 38.8 Å². The number of H-pyrrole nitrogens is 1. The van der Waals surface area contributed by atoms with Crippen molar-refractivity contribution in [3.63, 3.8) is 0 Å². The average Bonchev–Trinajstić information content (AvgIpc) is 3.22. The highest BCUT2D eigenvalue weighted by molar-refractivity contribution is 7.16. The highest BCUT2D eigenvalue weighted by atomic mass is 35.5. The van der Waals surface area contributed by atoms with Gasteiger partial charge in [-0.15, -0.1) is 11.3 Å². The molecule has 28 heavy (non-hydrogen) atoms. The van der Waals surface area contributed by atoms with Gasteiger partial charge in [-0.25, -0.2) is 14.4 Å². The van der Waals surface area contributed by atoms with Gasteiger partial charge >= 0.3 is 5.69 Å². The Bertz CT molecular complexity index is 1280. The molecule has 0 unspecified atom stereocenters. The highest BCUT2D eigenvalue weighted by Crippen LogP contribution is 2.40. The molecule has 0 fully saturated rings. The first-order chi connectivity index (χ1) is 13.5. The van der Waals surface area contributed by atoms with Gasteiger partial charge in [0.05, 0.1) is 11.3 Å². The third-order valence-corrected chi connectivity index (χ3v) is 5.95. The summed E-state index contributed by atoms with van der Waals surface area (Å²) in [4.78, 5) is 32.0. The molecule has 0 aliphatic heterocycles. The van der Waals surface area contributed by atoms with Gasteiger partial charge in [0.1, 0.15) is 16.6 Å². The smallest absolute Gasteiger partial charge is 0.335 e. The fourth-order valence-electron chi connectivity index (χ4n) is 3.23. The Hall–Kier alpha value is -3.15. The highest BCUT2D eigenvalue weighted by Gasteiger charge is 2.22. The molecule has 1 aliphatic rings. The average molecular weight is 413 g/mol. The minimum Gasteiger partial charge on any atom is -0.493 e. The van der Waals surface area contributed by atoms with Crippen LogP contribution in [0.4, 0.5) is 5.00 Å². The number of rotatable bonds is 3. The van der Waals surface area contributed by atoms with Crippen LogP contribution in [0.1, 0.15) is 28.0 Å². The first-order valence-corrected chi connectivity index (χ1v) is 9.62. The second kappa shape index (κ2) is 7.11. The first-order valence-electron chi connectivity index (χ1n) is 8.42. The van der Waals surface area contributed by atoms with Gasteiger partial charge in [0.25, 0.3) is 5.56 Å². The summed E-state index contributed by atoms with van der Waals surface area (Å²) in [5.41, 5.74) is 0.0714. The molecule has 2 N–H and O–H groups in total. The van der Waals surface area contributed by atoms with Crippen molar-refractivity contribution in [2.45, 2.75) is 19.3 Å². The molecule has 7 nitrogen and oxygen atoms in total. The summed E-state index contributed by atoms with van der Waals surface area (Å²) in [7, 11) is 0. The van der Waals surface area contributed by atoms with E-state index in [1.54, 1.807) is 18.2 Å². The van der Waals surface area contributed by atoms with Crippen molar-refractivity contribution in [1.29, 1.82) is 5.26 Å². The van der Waals surface area contributed by atoms with E-state index in [4.69, 9.17) is 11.6 Å². The Labute approximate surface area is 167 Å². The summed E-state index contributed by atoms with van der Waals surface area (Å²) in [6, 6.07) is 8.48. The fraction of sp³-hybridized carbons (Fsp3) is 0.158. The van der Waals surface area contributed by atoms with E-state index in [1.807, 2.05) is 0 Å². The minimum atomic E-state index is -0.797. The van der Waals surface area contributed by atoms with Crippen LogP contribution in [0.5, 0.6) is 5.88 Å². The summed E-state index contributed by atoms with van der Waals surface area (Å²) in [5.74, 6) is -0.553. The van der Waals surface area contributed by atoms with E-state index < -0.39 is 17.1 Å². The Kier molecular flexibility index (Phi) is 4.63. The fourth-order valence-corrected chi connectivity index (χ4v) is 4.60. The number of hydrogen-bond acceptors (Lipinski definition) is 6. The zero-order valence-electron chi connectivity index (χ0n) is 14.4. The predicted octanol–water partition coefficient (Wildman–Crippen LogP) is 3.06. The quantitative estimate of drug-likeness (QED) is 0.644. The van der Waals surface area contributed by atoms with Gasteiger partial charge in [-0.2, -0.15) is 5.26 Å². The van der Waals surface area contributed by atoms with Crippen molar-refractivity contribution in [3.05, 3.63) is 71.7 Å². The first kappa shape index (κ1) is 18.2. The van der Waals surface area contributed by atoms with Gasteiger partial charge in [-0.05, 0) is 43.0 Å². The molecule has 1 aromatic carbocycles. The van der Waals surface area contributed by atoms with Crippen LogP contribution >= 0.6 is 22.9 Å². The molecule has 3 aromatic rings. The summed E-state index contributed by atoms with van der Waals surface area (Å²) in [6.45, 7) is 0. The maximum atomic E-state index is 12.2. The van der Waals surface area contributed by atoms with Gasteiger partial charge in [0, 0.05) is 16.1 Å². The molecule has 0 bridgehead atoms. The maximum absolute atomic E-state index is 12.2. The number of aromatic amines is 1. The molecule has 4 rings (SSSR count). The van der Waals surface area contributed by atoms with E-state index in [0.717, 1.165) is 34.3 Å². The Balaban J connectivity index is 1.83. The van der Waals surface area contributed by atoms with Crippen LogP contribution in [-0.2, 0) is 12.8 Å². The lowest BCUT2D eigenvalue weighted by atomic mass is 10.1. The van der Waals surface area contributed by atoms with Crippen LogP contribution in [0, 0.1) is 11.3 Å². The van der Waals surface area contributed by atoms with Crippen molar-refractivity contribution in [2.75, 3.05) is 0 Å². The zero-order valence-corrected chi connectivity index (χ0v) is 16.0.